The molecule has 0 bridgehead atoms. The lowest BCUT2D eigenvalue weighted by atomic mass is 10.2. The van der Waals surface area contributed by atoms with Crippen molar-refractivity contribution >= 4 is 17.3 Å². The van der Waals surface area contributed by atoms with Gasteiger partial charge in [-0.25, -0.2) is 0 Å². The van der Waals surface area contributed by atoms with Crippen LogP contribution in [0.4, 0.5) is 11.4 Å². The van der Waals surface area contributed by atoms with Gasteiger partial charge < -0.3 is 20.3 Å². The predicted molar refractivity (Wildman–Crippen MR) is 83.7 cm³/mol. The maximum absolute atomic E-state index is 12.1. The Morgan fingerprint density at radius 3 is 2.57 bits per heavy atom. The number of nitrogens with zero attached hydrogens (tertiary/aromatic N) is 1. The fourth-order valence-electron chi connectivity index (χ4n) is 2.90. The minimum absolute atomic E-state index is 0.0331. The van der Waals surface area contributed by atoms with E-state index in [1.165, 1.54) is 5.69 Å². The molecule has 0 aliphatic carbocycles. The zero-order valence-electron chi connectivity index (χ0n) is 12.5. The molecule has 0 saturated carbocycles. The highest BCUT2D eigenvalue weighted by atomic mass is 16.5. The summed E-state index contributed by atoms with van der Waals surface area (Å²) in [6.07, 6.45) is 1.66. The van der Waals surface area contributed by atoms with Crippen molar-refractivity contribution in [2.75, 3.05) is 36.4 Å². The van der Waals surface area contributed by atoms with Crippen molar-refractivity contribution < 1.29 is 9.53 Å². The van der Waals surface area contributed by atoms with Crippen LogP contribution in [0.1, 0.15) is 19.8 Å². The first-order valence-corrected chi connectivity index (χ1v) is 7.74. The van der Waals surface area contributed by atoms with Crippen LogP contribution in [-0.4, -0.2) is 44.3 Å². The Balaban J connectivity index is 1.57. The second-order valence-electron chi connectivity index (χ2n) is 5.79. The predicted octanol–water partition coefficient (Wildman–Crippen LogP) is 1.60. The Labute approximate surface area is 125 Å². The third kappa shape index (κ3) is 3.54. The molecule has 21 heavy (non-hydrogen) atoms. The van der Waals surface area contributed by atoms with Gasteiger partial charge >= 0.3 is 0 Å². The molecule has 0 aromatic heterocycles. The van der Waals surface area contributed by atoms with Crippen LogP contribution in [0.5, 0.6) is 0 Å². The Bertz CT molecular complexity index is 483. The summed E-state index contributed by atoms with van der Waals surface area (Å²) in [5.74, 6) is -0.0331. The van der Waals surface area contributed by atoms with Gasteiger partial charge in [0.2, 0.25) is 0 Å². The average Bonchev–Trinajstić information content (AvgIpc) is 2.96. The molecule has 2 heterocycles. The van der Waals surface area contributed by atoms with E-state index < -0.39 is 0 Å². The Morgan fingerprint density at radius 1 is 1.24 bits per heavy atom. The summed E-state index contributed by atoms with van der Waals surface area (Å²) in [6.45, 7) is 6.11. The molecule has 114 valence electrons. The third-order valence-corrected chi connectivity index (χ3v) is 4.14. The quantitative estimate of drug-likeness (QED) is 0.887. The first-order valence-electron chi connectivity index (χ1n) is 7.74. The summed E-state index contributed by atoms with van der Waals surface area (Å²) in [5, 5.41) is 6.28. The van der Waals surface area contributed by atoms with Crippen molar-refractivity contribution in [1.29, 1.82) is 0 Å². The smallest absolute Gasteiger partial charge is 0.253 e. The number of anilines is 2. The number of benzene rings is 1. The van der Waals surface area contributed by atoms with Crippen molar-refractivity contribution in [3.8, 4) is 0 Å². The average molecular weight is 289 g/mol. The number of carbonyl (C=O) groups is 1. The molecular formula is C16H23N3O2. The molecule has 5 nitrogen and oxygen atoms in total. The molecule has 2 aliphatic rings. The number of hydrogen-bond acceptors (Lipinski definition) is 4. The summed E-state index contributed by atoms with van der Waals surface area (Å²) < 4.78 is 5.59. The van der Waals surface area contributed by atoms with Gasteiger partial charge in [-0.05, 0) is 44.0 Å². The number of nitrogens with one attached hydrogen (secondary N) is 2. The molecule has 5 heteroatoms. The largest absolute Gasteiger partial charge is 0.369 e. The van der Waals surface area contributed by atoms with Gasteiger partial charge in [0.05, 0.1) is 6.10 Å². The normalized spacial score (nSPS) is 25.9. The van der Waals surface area contributed by atoms with E-state index in [4.69, 9.17) is 4.74 Å². The second-order valence-corrected chi connectivity index (χ2v) is 5.79. The standard InChI is InChI=1S/C16H23N3O2/c1-12-2-7-15(21-12)16(20)18-13-3-5-14(6-4-13)19-10-8-17-9-11-19/h3-6,12,15,17H,2,7-11H2,1H3,(H,18,20). The van der Waals surface area contributed by atoms with E-state index in [9.17, 15) is 4.79 Å². The molecule has 2 fully saturated rings. The third-order valence-electron chi connectivity index (χ3n) is 4.14. The fraction of sp³-hybridized carbons (Fsp3) is 0.562. The number of amides is 1. The molecule has 0 spiro atoms. The molecule has 2 unspecified atom stereocenters. The summed E-state index contributed by atoms with van der Waals surface area (Å²) in [5.41, 5.74) is 2.04. The van der Waals surface area contributed by atoms with Crippen LogP contribution in [0.25, 0.3) is 0 Å². The SMILES string of the molecule is CC1CCC(C(=O)Nc2ccc(N3CCNCC3)cc2)O1. The molecular weight excluding hydrogens is 266 g/mol. The molecule has 2 saturated heterocycles. The Morgan fingerprint density at radius 2 is 1.95 bits per heavy atom. The van der Waals surface area contributed by atoms with Crippen molar-refractivity contribution in [1.82, 2.24) is 5.32 Å². The van der Waals surface area contributed by atoms with Crippen LogP contribution in [0.3, 0.4) is 0 Å². The molecule has 0 radical (unpaired) electrons. The van der Waals surface area contributed by atoms with E-state index in [2.05, 4.69) is 27.7 Å². The van der Waals surface area contributed by atoms with Crippen LogP contribution < -0.4 is 15.5 Å². The maximum Gasteiger partial charge on any atom is 0.253 e. The Kier molecular flexibility index (Phi) is 4.41. The van der Waals surface area contributed by atoms with Gasteiger partial charge in [0.1, 0.15) is 6.10 Å². The van der Waals surface area contributed by atoms with Gasteiger partial charge in [0.15, 0.2) is 0 Å². The van der Waals surface area contributed by atoms with Gasteiger partial charge in [-0.1, -0.05) is 0 Å². The van der Waals surface area contributed by atoms with E-state index in [1.807, 2.05) is 19.1 Å². The Hall–Kier alpha value is -1.59. The van der Waals surface area contributed by atoms with Gasteiger partial charge in [-0.2, -0.15) is 0 Å². The second kappa shape index (κ2) is 6.45. The van der Waals surface area contributed by atoms with Gasteiger partial charge in [0, 0.05) is 37.6 Å². The zero-order chi connectivity index (χ0) is 14.7. The number of rotatable bonds is 3. The van der Waals surface area contributed by atoms with E-state index in [-0.39, 0.29) is 18.1 Å². The van der Waals surface area contributed by atoms with Crippen molar-refractivity contribution in [2.24, 2.45) is 0 Å². The fourth-order valence-corrected chi connectivity index (χ4v) is 2.90. The number of hydrogen-bond donors (Lipinski definition) is 2. The lowest BCUT2D eigenvalue weighted by Gasteiger charge is -2.29. The summed E-state index contributed by atoms with van der Waals surface area (Å²) >= 11 is 0. The number of carbonyl (C=O) groups excluding carboxylic acids is 1. The zero-order valence-corrected chi connectivity index (χ0v) is 12.5. The van der Waals surface area contributed by atoms with E-state index in [0.29, 0.717) is 0 Å². The van der Waals surface area contributed by atoms with E-state index in [1.54, 1.807) is 0 Å². The van der Waals surface area contributed by atoms with Crippen molar-refractivity contribution in [2.45, 2.75) is 32.0 Å². The van der Waals surface area contributed by atoms with Crippen molar-refractivity contribution in [3.63, 3.8) is 0 Å². The highest BCUT2D eigenvalue weighted by Gasteiger charge is 2.28. The topological polar surface area (TPSA) is 53.6 Å². The van der Waals surface area contributed by atoms with Crippen LogP contribution in [0, 0.1) is 0 Å². The monoisotopic (exact) mass is 289 g/mol. The molecule has 2 atom stereocenters. The molecule has 1 aromatic rings. The highest BCUT2D eigenvalue weighted by molar-refractivity contribution is 5.94. The maximum atomic E-state index is 12.1. The van der Waals surface area contributed by atoms with Crippen LogP contribution >= 0.6 is 0 Å². The lowest BCUT2D eigenvalue weighted by molar-refractivity contribution is -0.126. The van der Waals surface area contributed by atoms with E-state index >= 15 is 0 Å². The molecule has 1 aromatic carbocycles. The number of piperazine rings is 1. The van der Waals surface area contributed by atoms with Crippen LogP contribution in [-0.2, 0) is 9.53 Å². The van der Waals surface area contributed by atoms with Crippen LogP contribution in [0.15, 0.2) is 24.3 Å². The van der Waals surface area contributed by atoms with Crippen LogP contribution in [0.2, 0.25) is 0 Å². The first kappa shape index (κ1) is 14.4. The summed E-state index contributed by atoms with van der Waals surface area (Å²) in [6, 6.07) is 8.07. The molecule has 2 aliphatic heterocycles. The van der Waals surface area contributed by atoms with Crippen molar-refractivity contribution in [3.05, 3.63) is 24.3 Å². The summed E-state index contributed by atoms with van der Waals surface area (Å²) in [7, 11) is 0. The van der Waals surface area contributed by atoms with Gasteiger partial charge in [-0.15, -0.1) is 0 Å². The first-order chi connectivity index (χ1) is 10.2. The molecule has 3 rings (SSSR count). The lowest BCUT2D eigenvalue weighted by Crippen LogP contribution is -2.43. The van der Waals surface area contributed by atoms with Gasteiger partial charge in [-0.3, -0.25) is 4.79 Å². The number of ether oxygens (including phenoxy) is 1. The van der Waals surface area contributed by atoms with E-state index in [0.717, 1.165) is 44.7 Å². The summed E-state index contributed by atoms with van der Waals surface area (Å²) in [4.78, 5) is 14.4. The molecule has 1 amide bonds. The minimum atomic E-state index is -0.298. The van der Waals surface area contributed by atoms with Gasteiger partial charge in [0.25, 0.3) is 5.91 Å². The minimum Gasteiger partial charge on any atom is -0.369 e. The highest BCUT2D eigenvalue weighted by Crippen LogP contribution is 2.22. The molecule has 2 N–H and O–H groups in total.